The van der Waals surface area contributed by atoms with Crippen LogP contribution >= 0.6 is 11.3 Å². The lowest BCUT2D eigenvalue weighted by atomic mass is 10.1. The summed E-state index contributed by atoms with van der Waals surface area (Å²) in [6.07, 6.45) is 3.45. The maximum atomic E-state index is 12.2. The second-order valence-corrected chi connectivity index (χ2v) is 6.61. The lowest BCUT2D eigenvalue weighted by molar-refractivity contribution is 0.0962. The van der Waals surface area contributed by atoms with Crippen molar-refractivity contribution >= 4 is 27.5 Å². The Morgan fingerprint density at radius 3 is 2.91 bits per heavy atom. The van der Waals surface area contributed by atoms with Crippen LogP contribution in [0.4, 0.5) is 0 Å². The second kappa shape index (κ2) is 6.50. The van der Waals surface area contributed by atoms with Gasteiger partial charge in [-0.3, -0.25) is 4.79 Å². The van der Waals surface area contributed by atoms with Crippen LogP contribution < -0.4 is 4.80 Å². The quantitative estimate of drug-likeness (QED) is 0.734. The zero-order chi connectivity index (χ0) is 16.4. The molecule has 5 nitrogen and oxygen atoms in total. The van der Waals surface area contributed by atoms with E-state index in [0.29, 0.717) is 10.5 Å². The minimum absolute atomic E-state index is 0.170. The molecule has 0 bridgehead atoms. The maximum absolute atomic E-state index is 12.2. The number of thiazole rings is 1. The van der Waals surface area contributed by atoms with Gasteiger partial charge in [-0.2, -0.15) is 4.99 Å². The number of hydrogen-bond donors (Lipinski definition) is 0. The molecule has 2 heterocycles. The van der Waals surface area contributed by atoms with Crippen molar-refractivity contribution in [2.24, 2.45) is 12.0 Å². The van der Waals surface area contributed by atoms with Crippen molar-refractivity contribution in [2.45, 2.75) is 33.1 Å². The van der Waals surface area contributed by atoms with Crippen molar-refractivity contribution in [3.63, 3.8) is 0 Å². The van der Waals surface area contributed by atoms with Gasteiger partial charge in [-0.05, 0) is 37.5 Å². The number of aryl methyl sites for hydroxylation is 3. The third-order valence-electron chi connectivity index (χ3n) is 3.73. The minimum Gasteiger partial charge on any atom is -0.351 e. The van der Waals surface area contributed by atoms with Gasteiger partial charge in [0.1, 0.15) is 0 Å². The summed E-state index contributed by atoms with van der Waals surface area (Å²) in [7, 11) is 1.92. The number of carbonyl (C=O) groups excluding carboxylic acids is 1. The fourth-order valence-corrected chi connectivity index (χ4v) is 3.51. The predicted octanol–water partition coefficient (Wildman–Crippen LogP) is 3.62. The van der Waals surface area contributed by atoms with Gasteiger partial charge in [0.2, 0.25) is 5.76 Å². The summed E-state index contributed by atoms with van der Waals surface area (Å²) in [5, 5.41) is 3.73. The molecule has 0 saturated heterocycles. The molecule has 0 aliphatic rings. The third-order valence-corrected chi connectivity index (χ3v) is 4.82. The highest BCUT2D eigenvalue weighted by Crippen LogP contribution is 2.19. The first-order valence-electron chi connectivity index (χ1n) is 7.69. The first kappa shape index (κ1) is 15.7. The number of carbonyl (C=O) groups is 1. The molecule has 0 N–H and O–H groups in total. The van der Waals surface area contributed by atoms with Crippen LogP contribution in [0, 0.1) is 6.92 Å². The van der Waals surface area contributed by atoms with Crippen LogP contribution in [0.15, 0.2) is 33.8 Å². The summed E-state index contributed by atoms with van der Waals surface area (Å²) in [5.74, 6) is -0.234. The number of benzene rings is 1. The van der Waals surface area contributed by atoms with Gasteiger partial charge in [0.15, 0.2) is 4.80 Å². The van der Waals surface area contributed by atoms with Gasteiger partial charge in [0.25, 0.3) is 0 Å². The largest absolute Gasteiger partial charge is 0.351 e. The number of rotatable bonds is 4. The zero-order valence-corrected chi connectivity index (χ0v) is 14.3. The minimum atomic E-state index is -0.404. The van der Waals surface area contributed by atoms with E-state index < -0.39 is 5.91 Å². The van der Waals surface area contributed by atoms with Crippen LogP contribution in [0.1, 0.15) is 41.6 Å². The Labute approximate surface area is 138 Å². The average Bonchev–Trinajstić information content (AvgIpc) is 3.10. The fraction of sp³-hybridized carbons (Fsp3) is 0.353. The number of unbranched alkanes of at least 4 members (excludes halogenated alkanes) is 1. The lowest BCUT2D eigenvalue weighted by Crippen LogP contribution is -2.13. The number of aromatic nitrogens is 2. The normalized spacial score (nSPS) is 12.2. The van der Waals surface area contributed by atoms with E-state index in [9.17, 15) is 4.79 Å². The molecule has 1 amide bonds. The molecule has 3 rings (SSSR count). The van der Waals surface area contributed by atoms with Crippen molar-refractivity contribution in [3.8, 4) is 0 Å². The summed E-state index contributed by atoms with van der Waals surface area (Å²) in [4.78, 5) is 17.0. The highest BCUT2D eigenvalue weighted by atomic mass is 32.1. The molecule has 3 aromatic rings. The Hall–Kier alpha value is -2.21. The molecule has 23 heavy (non-hydrogen) atoms. The molecule has 0 atom stereocenters. The number of nitrogens with zero attached hydrogens (tertiary/aromatic N) is 3. The van der Waals surface area contributed by atoms with Crippen LogP contribution in [-0.4, -0.2) is 15.6 Å². The predicted molar refractivity (Wildman–Crippen MR) is 90.5 cm³/mol. The molecule has 0 saturated carbocycles. The van der Waals surface area contributed by atoms with E-state index in [1.807, 2.05) is 11.6 Å². The third kappa shape index (κ3) is 3.27. The van der Waals surface area contributed by atoms with Crippen LogP contribution in [0.5, 0.6) is 0 Å². The Kier molecular flexibility index (Phi) is 4.43. The molecular weight excluding hydrogens is 310 g/mol. The van der Waals surface area contributed by atoms with Gasteiger partial charge in [0, 0.05) is 13.1 Å². The van der Waals surface area contributed by atoms with Crippen molar-refractivity contribution < 1.29 is 9.32 Å². The molecule has 0 radical (unpaired) electrons. The van der Waals surface area contributed by atoms with Crippen molar-refractivity contribution in [2.75, 3.05) is 0 Å². The standard InChI is InChI=1S/C17H19N3O2S/c1-4-5-6-12-7-8-13-15(10-12)23-17(20(13)3)18-16(21)14-9-11(2)19-22-14/h7-10H,4-6H2,1-3H3. The van der Waals surface area contributed by atoms with Crippen LogP contribution in [-0.2, 0) is 13.5 Å². The molecule has 1 aromatic carbocycles. The lowest BCUT2D eigenvalue weighted by Gasteiger charge is -2.00. The van der Waals surface area contributed by atoms with Crippen molar-refractivity contribution in [1.29, 1.82) is 0 Å². The molecular formula is C17H19N3O2S. The first-order valence-corrected chi connectivity index (χ1v) is 8.51. The SMILES string of the molecule is CCCCc1ccc2c(c1)sc(=NC(=O)c1cc(C)no1)n2C. The van der Waals surface area contributed by atoms with E-state index in [1.54, 1.807) is 13.0 Å². The van der Waals surface area contributed by atoms with E-state index in [1.165, 1.54) is 29.7 Å². The highest BCUT2D eigenvalue weighted by molar-refractivity contribution is 7.16. The number of hydrogen-bond acceptors (Lipinski definition) is 4. The van der Waals surface area contributed by atoms with Gasteiger partial charge < -0.3 is 9.09 Å². The Balaban J connectivity index is 1.99. The molecule has 6 heteroatoms. The van der Waals surface area contributed by atoms with E-state index in [-0.39, 0.29) is 5.76 Å². The second-order valence-electron chi connectivity index (χ2n) is 5.60. The molecule has 2 aromatic heterocycles. The monoisotopic (exact) mass is 329 g/mol. The van der Waals surface area contributed by atoms with Crippen LogP contribution in [0.25, 0.3) is 10.2 Å². The molecule has 0 aliphatic heterocycles. The van der Waals surface area contributed by atoms with Gasteiger partial charge in [-0.15, -0.1) is 0 Å². The molecule has 0 unspecified atom stereocenters. The van der Waals surface area contributed by atoms with E-state index in [4.69, 9.17) is 4.52 Å². The van der Waals surface area contributed by atoms with Crippen LogP contribution in [0.2, 0.25) is 0 Å². The Bertz CT molecular complexity index is 917. The van der Waals surface area contributed by atoms with E-state index in [0.717, 1.165) is 16.6 Å². The topological polar surface area (TPSA) is 60.4 Å². The summed E-state index contributed by atoms with van der Waals surface area (Å²) in [5.41, 5.74) is 3.07. The number of fused-ring (bicyclic) bond motifs is 1. The van der Waals surface area contributed by atoms with Crippen molar-refractivity contribution in [3.05, 3.63) is 46.1 Å². The van der Waals surface area contributed by atoms with Crippen LogP contribution in [0.3, 0.4) is 0 Å². The summed E-state index contributed by atoms with van der Waals surface area (Å²) < 4.78 is 8.05. The zero-order valence-electron chi connectivity index (χ0n) is 13.5. The first-order chi connectivity index (χ1) is 11.1. The van der Waals surface area contributed by atoms with E-state index >= 15 is 0 Å². The number of amides is 1. The summed E-state index contributed by atoms with van der Waals surface area (Å²) in [6.45, 7) is 3.97. The van der Waals surface area contributed by atoms with Gasteiger partial charge >= 0.3 is 5.91 Å². The average molecular weight is 329 g/mol. The Morgan fingerprint density at radius 1 is 1.39 bits per heavy atom. The van der Waals surface area contributed by atoms with Gasteiger partial charge in [0.05, 0.1) is 15.9 Å². The molecule has 0 aliphatic carbocycles. The van der Waals surface area contributed by atoms with Gasteiger partial charge in [-0.1, -0.05) is 35.9 Å². The van der Waals surface area contributed by atoms with Gasteiger partial charge in [-0.25, -0.2) is 0 Å². The summed E-state index contributed by atoms with van der Waals surface area (Å²) >= 11 is 1.51. The summed E-state index contributed by atoms with van der Waals surface area (Å²) in [6, 6.07) is 8.04. The molecule has 0 fully saturated rings. The highest BCUT2D eigenvalue weighted by Gasteiger charge is 2.12. The fourth-order valence-electron chi connectivity index (χ4n) is 2.43. The molecule has 120 valence electrons. The molecule has 0 spiro atoms. The van der Waals surface area contributed by atoms with E-state index in [2.05, 4.69) is 35.3 Å². The Morgan fingerprint density at radius 2 is 2.22 bits per heavy atom. The van der Waals surface area contributed by atoms with Crippen molar-refractivity contribution in [1.82, 2.24) is 9.72 Å². The smallest absolute Gasteiger partial charge is 0.318 e. The maximum Gasteiger partial charge on any atom is 0.318 e.